The van der Waals surface area contributed by atoms with Crippen LogP contribution in [0.3, 0.4) is 0 Å². The van der Waals surface area contributed by atoms with Crippen molar-refractivity contribution in [3.8, 4) is 11.5 Å². The minimum atomic E-state index is -4.41. The number of amides is 1. The van der Waals surface area contributed by atoms with E-state index in [-0.39, 0.29) is 23.9 Å². The Morgan fingerprint density at radius 2 is 1.72 bits per heavy atom. The molecule has 1 aliphatic rings. The Balaban J connectivity index is 1.51. The number of carbonyl (C=O) groups excluding carboxylic acids is 2. The lowest BCUT2D eigenvalue weighted by Crippen LogP contribution is -2.52. The van der Waals surface area contributed by atoms with Crippen molar-refractivity contribution in [1.29, 1.82) is 0 Å². The van der Waals surface area contributed by atoms with Crippen LogP contribution >= 0.6 is 0 Å². The van der Waals surface area contributed by atoms with Crippen LogP contribution in [-0.2, 0) is 15.7 Å². The zero-order chi connectivity index (χ0) is 28.3. The van der Waals surface area contributed by atoms with Gasteiger partial charge in [0, 0.05) is 43.3 Å². The number of nitrogens with one attached hydrogen (secondary N) is 2. The van der Waals surface area contributed by atoms with Gasteiger partial charge in [0.15, 0.2) is 11.5 Å². The number of esters is 1. The van der Waals surface area contributed by atoms with E-state index in [4.69, 9.17) is 14.2 Å². The fourth-order valence-electron chi connectivity index (χ4n) is 4.65. The van der Waals surface area contributed by atoms with Crippen LogP contribution in [0.2, 0.25) is 0 Å². The summed E-state index contributed by atoms with van der Waals surface area (Å²) in [5, 5.41) is 3.42. The Morgan fingerprint density at radius 1 is 1.05 bits per heavy atom. The van der Waals surface area contributed by atoms with Crippen LogP contribution in [0.1, 0.15) is 29.9 Å². The minimum Gasteiger partial charge on any atom is -0.493 e. The lowest BCUT2D eigenvalue weighted by atomic mass is 10.1. The first-order valence-corrected chi connectivity index (χ1v) is 12.5. The highest BCUT2D eigenvalue weighted by atomic mass is 19.4. The highest BCUT2D eigenvalue weighted by Gasteiger charge is 2.32. The third kappa shape index (κ3) is 5.90. The van der Waals surface area contributed by atoms with E-state index in [2.05, 4.69) is 10.3 Å². The number of hydrogen-bond acceptors (Lipinski definition) is 7. The third-order valence-electron chi connectivity index (χ3n) is 6.81. The number of nitrogens with zero attached hydrogens (tertiary/aromatic N) is 2. The molecule has 1 aromatic heterocycles. The zero-order valence-corrected chi connectivity index (χ0v) is 22.1. The number of piperazine rings is 1. The topological polar surface area (TPSA) is 96.1 Å². The Labute approximate surface area is 223 Å². The summed E-state index contributed by atoms with van der Waals surface area (Å²) in [6.07, 6.45) is -4.41. The van der Waals surface area contributed by atoms with Crippen molar-refractivity contribution in [3.63, 3.8) is 0 Å². The van der Waals surface area contributed by atoms with Crippen LogP contribution in [-0.4, -0.2) is 74.8 Å². The second-order valence-electron chi connectivity index (χ2n) is 9.08. The van der Waals surface area contributed by atoms with E-state index < -0.39 is 23.8 Å². The van der Waals surface area contributed by atoms with Crippen molar-refractivity contribution < 1.29 is 37.0 Å². The Hall–Kier alpha value is -3.93. The largest absolute Gasteiger partial charge is 0.493 e. The molecule has 4 rings (SSSR count). The molecule has 0 spiro atoms. The number of ether oxygens (including phenoxy) is 3. The van der Waals surface area contributed by atoms with Crippen LogP contribution in [0.15, 0.2) is 36.4 Å². The molecule has 1 atom stereocenters. The molecular weight excluding hydrogens is 517 g/mol. The molecule has 0 radical (unpaired) electrons. The molecule has 3 aromatic rings. The summed E-state index contributed by atoms with van der Waals surface area (Å²) in [7, 11) is 2.98. The molecule has 1 saturated heterocycles. The number of carbonyl (C=O) groups is 2. The van der Waals surface area contributed by atoms with E-state index in [1.807, 2.05) is 9.80 Å². The maximum atomic E-state index is 13.4. The van der Waals surface area contributed by atoms with Crippen LogP contribution in [0, 0.1) is 0 Å². The smallest absolute Gasteiger partial charge is 0.416 e. The number of hydrogen-bond donors (Lipinski definition) is 2. The summed E-state index contributed by atoms with van der Waals surface area (Å²) in [4.78, 5) is 32.9. The molecule has 1 unspecified atom stereocenters. The number of halogens is 3. The Kier molecular flexibility index (Phi) is 8.24. The first-order chi connectivity index (χ1) is 18.6. The molecule has 2 heterocycles. The van der Waals surface area contributed by atoms with Gasteiger partial charge in [0.1, 0.15) is 5.69 Å². The van der Waals surface area contributed by atoms with Crippen LogP contribution in [0.4, 0.5) is 24.5 Å². The van der Waals surface area contributed by atoms with Gasteiger partial charge in [0.25, 0.3) is 0 Å². The maximum Gasteiger partial charge on any atom is 0.416 e. The number of anilines is 2. The van der Waals surface area contributed by atoms with Gasteiger partial charge in [-0.3, -0.25) is 9.69 Å². The Morgan fingerprint density at radius 3 is 2.33 bits per heavy atom. The fraction of sp³-hybridized carbons (Fsp3) is 0.407. The number of aromatic nitrogens is 1. The number of benzene rings is 2. The van der Waals surface area contributed by atoms with Crippen molar-refractivity contribution in [1.82, 2.24) is 9.88 Å². The summed E-state index contributed by atoms with van der Waals surface area (Å²) in [5.74, 6) is -0.0896. The van der Waals surface area contributed by atoms with Gasteiger partial charge in [-0.05, 0) is 38.1 Å². The molecular formula is C27H31F3N4O5. The molecule has 0 saturated carbocycles. The lowest BCUT2D eigenvalue weighted by Gasteiger charge is -2.38. The average Bonchev–Trinajstić information content (AvgIpc) is 3.28. The second kappa shape index (κ2) is 11.4. The summed E-state index contributed by atoms with van der Waals surface area (Å²) in [6, 6.07) is 8.00. The molecule has 39 heavy (non-hydrogen) atoms. The molecule has 2 aromatic carbocycles. The van der Waals surface area contributed by atoms with Gasteiger partial charge in [-0.15, -0.1) is 0 Å². The summed E-state index contributed by atoms with van der Waals surface area (Å²) < 4.78 is 55.3. The average molecular weight is 549 g/mol. The van der Waals surface area contributed by atoms with Crippen molar-refractivity contribution in [2.45, 2.75) is 26.1 Å². The van der Waals surface area contributed by atoms with Crippen LogP contribution in [0.5, 0.6) is 11.5 Å². The molecule has 210 valence electrons. The highest BCUT2D eigenvalue weighted by Crippen LogP contribution is 2.38. The third-order valence-corrected chi connectivity index (χ3v) is 6.81. The molecule has 0 bridgehead atoms. The fourth-order valence-corrected chi connectivity index (χ4v) is 4.65. The molecule has 1 fully saturated rings. The minimum absolute atomic E-state index is 0.0945. The number of fused-ring (bicyclic) bond motifs is 1. The quantitative estimate of drug-likeness (QED) is 0.400. The monoisotopic (exact) mass is 548 g/mol. The number of aromatic amines is 1. The van der Waals surface area contributed by atoms with Gasteiger partial charge in [0.05, 0.1) is 43.6 Å². The summed E-state index contributed by atoms with van der Waals surface area (Å²) in [5.41, 5.74) is 0.707. The molecule has 0 aliphatic carbocycles. The van der Waals surface area contributed by atoms with Gasteiger partial charge in [-0.25, -0.2) is 4.79 Å². The van der Waals surface area contributed by atoms with Gasteiger partial charge in [-0.2, -0.15) is 13.2 Å². The van der Waals surface area contributed by atoms with Gasteiger partial charge in [-0.1, -0.05) is 6.07 Å². The van der Waals surface area contributed by atoms with E-state index in [1.54, 1.807) is 32.0 Å². The van der Waals surface area contributed by atoms with E-state index in [1.165, 1.54) is 20.3 Å². The van der Waals surface area contributed by atoms with Crippen molar-refractivity contribution in [2.75, 3.05) is 57.2 Å². The molecule has 1 aliphatic heterocycles. The molecule has 9 nitrogen and oxygen atoms in total. The van der Waals surface area contributed by atoms with Crippen LogP contribution in [0.25, 0.3) is 10.9 Å². The molecule has 12 heteroatoms. The number of rotatable bonds is 8. The molecule has 1 amide bonds. The van der Waals surface area contributed by atoms with Gasteiger partial charge in [0.2, 0.25) is 5.91 Å². The van der Waals surface area contributed by atoms with E-state index >= 15 is 0 Å². The van der Waals surface area contributed by atoms with Crippen LogP contribution < -0.4 is 19.7 Å². The first kappa shape index (κ1) is 28.1. The van der Waals surface area contributed by atoms with Gasteiger partial charge >= 0.3 is 12.1 Å². The zero-order valence-electron chi connectivity index (χ0n) is 22.1. The van der Waals surface area contributed by atoms with E-state index in [0.29, 0.717) is 54.3 Å². The first-order valence-electron chi connectivity index (χ1n) is 12.5. The maximum absolute atomic E-state index is 13.4. The standard InChI is InChI=1S/C27H31F3N4O5/c1-5-39-26(36)24-23(19-14-21(37-3)22(38-4)15-20(19)31-24)32-25(35)16(2)33-9-11-34(12-10-33)18-8-6-7-17(13-18)27(28,29)30/h6-8,13-16,31H,5,9-12H2,1-4H3,(H,32,35). The second-order valence-corrected chi connectivity index (χ2v) is 9.08. The lowest BCUT2D eigenvalue weighted by molar-refractivity contribution is -0.137. The van der Waals surface area contributed by atoms with E-state index in [9.17, 15) is 22.8 Å². The summed E-state index contributed by atoms with van der Waals surface area (Å²) in [6.45, 7) is 5.43. The normalized spacial score (nSPS) is 15.2. The number of methoxy groups -OCH3 is 2. The number of H-pyrrole nitrogens is 1. The predicted octanol–water partition coefficient (Wildman–Crippen LogP) is 4.53. The molecule has 2 N–H and O–H groups in total. The highest BCUT2D eigenvalue weighted by molar-refractivity contribution is 6.12. The van der Waals surface area contributed by atoms with Crippen molar-refractivity contribution in [3.05, 3.63) is 47.7 Å². The Bertz CT molecular complexity index is 1350. The van der Waals surface area contributed by atoms with E-state index in [0.717, 1.165) is 12.1 Å². The number of alkyl halides is 3. The van der Waals surface area contributed by atoms with Crippen molar-refractivity contribution in [2.24, 2.45) is 0 Å². The summed E-state index contributed by atoms with van der Waals surface area (Å²) >= 11 is 0. The van der Waals surface area contributed by atoms with Crippen molar-refractivity contribution >= 4 is 34.2 Å². The van der Waals surface area contributed by atoms with Gasteiger partial charge < -0.3 is 29.4 Å². The predicted molar refractivity (Wildman–Crippen MR) is 141 cm³/mol. The SMILES string of the molecule is CCOC(=O)c1[nH]c2cc(OC)c(OC)cc2c1NC(=O)C(C)N1CCN(c2cccc(C(F)(F)F)c2)CC1.